The van der Waals surface area contributed by atoms with E-state index in [2.05, 4.69) is 38.1 Å². The van der Waals surface area contributed by atoms with Gasteiger partial charge in [0.1, 0.15) is 23.4 Å². The number of hydrogen-bond acceptors (Lipinski definition) is 5. The van der Waals surface area contributed by atoms with Crippen LogP contribution in [0.4, 0.5) is 24.5 Å². The van der Waals surface area contributed by atoms with E-state index in [0.29, 0.717) is 25.4 Å². The average Bonchev–Trinajstić information content (AvgIpc) is 3.34. The number of nitrogens with zero attached hydrogens (tertiary/aromatic N) is 2. The van der Waals surface area contributed by atoms with Gasteiger partial charge in [0, 0.05) is 37.9 Å². The molecule has 166 valence electrons. The second kappa shape index (κ2) is 9.05. The maximum absolute atomic E-state index is 12.3. The lowest BCUT2D eigenvalue weighted by atomic mass is 10.1. The Morgan fingerprint density at radius 1 is 1.13 bits per heavy atom. The van der Waals surface area contributed by atoms with E-state index >= 15 is 0 Å². The number of nitrogens with one attached hydrogen (secondary N) is 1. The molecule has 1 fully saturated rings. The standard InChI is InChI=1S/C22H24F3N3O3/c1-29-11-9-26-21-13-15-12-16(2-7-20(15)27-21)28-10-8-19(14-28)30-17-3-5-18(6-4-17)31-22(23,24)25/h2-7,12,19H,8-11,13-14H2,1H3,(H,26,27). The van der Waals surface area contributed by atoms with Crippen LogP contribution in [0.1, 0.15) is 12.0 Å². The number of amidine groups is 1. The lowest BCUT2D eigenvalue weighted by Gasteiger charge is -2.20. The van der Waals surface area contributed by atoms with Gasteiger partial charge >= 0.3 is 6.36 Å². The largest absolute Gasteiger partial charge is 0.573 e. The van der Waals surface area contributed by atoms with Crippen molar-refractivity contribution in [3.8, 4) is 11.5 Å². The number of hydrogen-bond donors (Lipinski definition) is 1. The van der Waals surface area contributed by atoms with Crippen molar-refractivity contribution in [3.05, 3.63) is 48.0 Å². The maximum atomic E-state index is 12.3. The van der Waals surface area contributed by atoms with Crippen LogP contribution in [0.3, 0.4) is 0 Å². The zero-order chi connectivity index (χ0) is 21.8. The molecular formula is C22H24F3N3O3. The van der Waals surface area contributed by atoms with Crippen LogP contribution in [0.15, 0.2) is 47.5 Å². The van der Waals surface area contributed by atoms with Gasteiger partial charge in [0.2, 0.25) is 0 Å². The van der Waals surface area contributed by atoms with Crippen LogP contribution in [0.2, 0.25) is 0 Å². The highest BCUT2D eigenvalue weighted by Gasteiger charge is 2.31. The van der Waals surface area contributed by atoms with Gasteiger partial charge in [-0.3, -0.25) is 4.99 Å². The van der Waals surface area contributed by atoms with Crippen molar-refractivity contribution in [1.82, 2.24) is 0 Å². The van der Waals surface area contributed by atoms with Gasteiger partial charge in [0.05, 0.1) is 19.7 Å². The SMILES string of the molecule is COCCN=C1Cc2cc(N3CCC(Oc4ccc(OC(F)(F)F)cc4)C3)ccc2N1. The lowest BCUT2D eigenvalue weighted by molar-refractivity contribution is -0.274. The van der Waals surface area contributed by atoms with Gasteiger partial charge in [-0.05, 0) is 48.0 Å². The first-order chi connectivity index (χ1) is 14.9. The quantitative estimate of drug-likeness (QED) is 0.659. The number of alkyl halides is 3. The van der Waals surface area contributed by atoms with E-state index in [9.17, 15) is 13.2 Å². The molecule has 9 heteroatoms. The lowest BCUT2D eigenvalue weighted by Crippen LogP contribution is -2.24. The van der Waals surface area contributed by atoms with Crippen LogP contribution >= 0.6 is 0 Å². The predicted octanol–water partition coefficient (Wildman–Crippen LogP) is 4.26. The smallest absolute Gasteiger partial charge is 0.489 e. The fourth-order valence-electron chi connectivity index (χ4n) is 3.76. The summed E-state index contributed by atoms with van der Waals surface area (Å²) in [5, 5.41) is 3.34. The minimum Gasteiger partial charge on any atom is -0.489 e. The Bertz CT molecular complexity index is 932. The van der Waals surface area contributed by atoms with Crippen LogP contribution in [-0.4, -0.2) is 51.7 Å². The molecule has 1 N–H and O–H groups in total. The van der Waals surface area contributed by atoms with E-state index in [1.54, 1.807) is 7.11 Å². The minimum atomic E-state index is -4.70. The first kappa shape index (κ1) is 21.3. The van der Waals surface area contributed by atoms with Gasteiger partial charge in [0.15, 0.2) is 0 Å². The summed E-state index contributed by atoms with van der Waals surface area (Å²) in [6.45, 7) is 2.79. The summed E-state index contributed by atoms with van der Waals surface area (Å²) in [5.74, 6) is 1.21. The van der Waals surface area contributed by atoms with Crippen molar-refractivity contribution in [3.63, 3.8) is 0 Å². The molecule has 2 heterocycles. The number of fused-ring (bicyclic) bond motifs is 1. The Morgan fingerprint density at radius 2 is 1.90 bits per heavy atom. The number of halogens is 3. The molecule has 0 bridgehead atoms. The predicted molar refractivity (Wildman–Crippen MR) is 112 cm³/mol. The second-order valence-corrected chi connectivity index (χ2v) is 7.46. The molecule has 1 saturated heterocycles. The Kier molecular flexibility index (Phi) is 6.22. The van der Waals surface area contributed by atoms with Crippen LogP contribution in [0.5, 0.6) is 11.5 Å². The summed E-state index contributed by atoms with van der Waals surface area (Å²) in [5.41, 5.74) is 3.41. The summed E-state index contributed by atoms with van der Waals surface area (Å²) < 4.78 is 51.7. The monoisotopic (exact) mass is 435 g/mol. The molecule has 0 aromatic heterocycles. The van der Waals surface area contributed by atoms with Crippen LogP contribution in [-0.2, 0) is 11.2 Å². The topological polar surface area (TPSA) is 55.3 Å². The molecule has 0 saturated carbocycles. The summed E-state index contributed by atoms with van der Waals surface area (Å²) in [6.07, 6.45) is -3.13. The first-order valence-electron chi connectivity index (χ1n) is 10.1. The third-order valence-corrected chi connectivity index (χ3v) is 5.19. The van der Waals surface area contributed by atoms with Crippen LogP contribution < -0.4 is 19.7 Å². The number of anilines is 2. The summed E-state index contributed by atoms with van der Waals surface area (Å²) in [7, 11) is 1.66. The Balaban J connectivity index is 1.33. The normalized spacial score (nSPS) is 19.4. The molecule has 2 aromatic carbocycles. The van der Waals surface area contributed by atoms with E-state index in [-0.39, 0.29) is 11.9 Å². The number of ether oxygens (including phenoxy) is 3. The zero-order valence-corrected chi connectivity index (χ0v) is 17.1. The maximum Gasteiger partial charge on any atom is 0.573 e. The third-order valence-electron chi connectivity index (χ3n) is 5.19. The molecule has 2 aliphatic rings. The summed E-state index contributed by atoms with van der Waals surface area (Å²) in [6, 6.07) is 11.8. The highest BCUT2D eigenvalue weighted by atomic mass is 19.4. The molecule has 1 atom stereocenters. The highest BCUT2D eigenvalue weighted by molar-refractivity contribution is 6.03. The molecular weight excluding hydrogens is 411 g/mol. The molecule has 0 radical (unpaired) electrons. The van der Waals surface area contributed by atoms with Gasteiger partial charge in [0.25, 0.3) is 0 Å². The zero-order valence-electron chi connectivity index (χ0n) is 17.1. The molecule has 0 aliphatic carbocycles. The number of methoxy groups -OCH3 is 1. The van der Waals surface area contributed by atoms with Crippen LogP contribution in [0.25, 0.3) is 0 Å². The average molecular weight is 435 g/mol. The van der Waals surface area contributed by atoms with Gasteiger partial charge in [-0.1, -0.05) is 0 Å². The Morgan fingerprint density at radius 3 is 2.65 bits per heavy atom. The molecule has 1 unspecified atom stereocenters. The summed E-state index contributed by atoms with van der Waals surface area (Å²) in [4.78, 5) is 6.77. The van der Waals surface area contributed by atoms with E-state index in [1.807, 2.05) is 0 Å². The molecule has 2 aromatic rings. The molecule has 4 rings (SSSR count). The van der Waals surface area contributed by atoms with E-state index in [0.717, 1.165) is 36.6 Å². The molecule has 0 spiro atoms. The van der Waals surface area contributed by atoms with Crippen molar-refractivity contribution in [2.24, 2.45) is 4.99 Å². The van der Waals surface area contributed by atoms with Crippen molar-refractivity contribution >= 4 is 17.2 Å². The third kappa shape index (κ3) is 5.61. The fraction of sp³-hybridized carbons (Fsp3) is 0.409. The Hall–Kier alpha value is -2.94. The van der Waals surface area contributed by atoms with Crippen molar-refractivity contribution in [2.75, 3.05) is 43.6 Å². The van der Waals surface area contributed by atoms with Gasteiger partial charge in [-0.15, -0.1) is 13.2 Å². The van der Waals surface area contributed by atoms with Crippen LogP contribution in [0, 0.1) is 0 Å². The highest BCUT2D eigenvalue weighted by Crippen LogP contribution is 2.31. The van der Waals surface area contributed by atoms with Gasteiger partial charge in [-0.25, -0.2) is 0 Å². The van der Waals surface area contributed by atoms with Gasteiger partial charge in [-0.2, -0.15) is 0 Å². The second-order valence-electron chi connectivity index (χ2n) is 7.46. The van der Waals surface area contributed by atoms with E-state index < -0.39 is 6.36 Å². The van der Waals surface area contributed by atoms with Gasteiger partial charge < -0.3 is 24.4 Å². The van der Waals surface area contributed by atoms with E-state index in [1.165, 1.54) is 29.8 Å². The number of rotatable bonds is 7. The fourth-order valence-corrected chi connectivity index (χ4v) is 3.76. The summed E-state index contributed by atoms with van der Waals surface area (Å²) >= 11 is 0. The first-order valence-corrected chi connectivity index (χ1v) is 10.1. The van der Waals surface area contributed by atoms with Crippen molar-refractivity contribution in [1.29, 1.82) is 0 Å². The molecule has 2 aliphatic heterocycles. The molecule has 31 heavy (non-hydrogen) atoms. The van der Waals surface area contributed by atoms with Crippen molar-refractivity contribution < 1.29 is 27.4 Å². The number of benzene rings is 2. The minimum absolute atomic E-state index is 0.0352. The number of aliphatic imine (C=N–C) groups is 1. The molecule has 6 nitrogen and oxygen atoms in total. The Labute approximate surface area is 178 Å². The van der Waals surface area contributed by atoms with Crippen molar-refractivity contribution in [2.45, 2.75) is 25.3 Å². The van der Waals surface area contributed by atoms with E-state index in [4.69, 9.17) is 9.47 Å². The molecule has 0 amide bonds.